The summed E-state index contributed by atoms with van der Waals surface area (Å²) in [5, 5.41) is 12.1. The van der Waals surface area contributed by atoms with E-state index < -0.39 is 24.1 Å². The summed E-state index contributed by atoms with van der Waals surface area (Å²) in [5.41, 5.74) is 3.79. The van der Waals surface area contributed by atoms with Crippen LogP contribution in [0.4, 0.5) is 9.18 Å². The molecular weight excluding hydrogens is 549 g/mol. The first kappa shape index (κ1) is 27.5. The Hall–Kier alpha value is -3.63. The molecule has 0 bridgehead atoms. The van der Waals surface area contributed by atoms with E-state index in [-0.39, 0.29) is 12.4 Å². The smallest absolute Gasteiger partial charge is 0.416 e. The van der Waals surface area contributed by atoms with Gasteiger partial charge in [0.1, 0.15) is 36.1 Å². The van der Waals surface area contributed by atoms with Gasteiger partial charge in [-0.2, -0.15) is 0 Å². The van der Waals surface area contributed by atoms with Gasteiger partial charge in [0.2, 0.25) is 0 Å². The van der Waals surface area contributed by atoms with Crippen molar-refractivity contribution in [3.8, 4) is 11.5 Å². The molecule has 8 nitrogen and oxygen atoms in total. The predicted octanol–water partition coefficient (Wildman–Crippen LogP) is 5.18. The van der Waals surface area contributed by atoms with Crippen molar-refractivity contribution in [3.05, 3.63) is 94.4 Å². The Morgan fingerprint density at radius 2 is 1.78 bits per heavy atom. The quantitative estimate of drug-likeness (QED) is 0.314. The fourth-order valence-electron chi connectivity index (χ4n) is 5.54. The topological polar surface area (TPSA) is 87.3 Å². The van der Waals surface area contributed by atoms with E-state index in [0.717, 1.165) is 40.8 Å². The summed E-state index contributed by atoms with van der Waals surface area (Å²) < 4.78 is 30.3. The Balaban J connectivity index is 1.23. The van der Waals surface area contributed by atoms with E-state index in [9.17, 15) is 14.3 Å². The van der Waals surface area contributed by atoms with Crippen LogP contribution in [0.25, 0.3) is 10.9 Å². The van der Waals surface area contributed by atoms with Crippen LogP contribution in [0.15, 0.2) is 66.7 Å². The molecular formula is C31H31ClFN3O5. The number of aliphatic hydroxyl groups excluding tert-OH is 1. The number of nitrogens with one attached hydrogen (secondary N) is 1. The number of hydrogen-bond donors (Lipinski definition) is 2. The van der Waals surface area contributed by atoms with Gasteiger partial charge in [0.25, 0.3) is 0 Å². The average Bonchev–Trinajstić information content (AvgIpc) is 3.35. The van der Waals surface area contributed by atoms with Crippen LogP contribution in [0.2, 0.25) is 5.02 Å². The Bertz CT molecular complexity index is 1500. The van der Waals surface area contributed by atoms with Gasteiger partial charge < -0.3 is 24.3 Å². The molecule has 10 heteroatoms. The number of morpholine rings is 1. The molecule has 0 saturated carbocycles. The highest BCUT2D eigenvalue weighted by Gasteiger charge is 2.36. The minimum absolute atomic E-state index is 0.170. The second-order valence-electron chi connectivity index (χ2n) is 10.3. The third-order valence-corrected chi connectivity index (χ3v) is 7.79. The van der Waals surface area contributed by atoms with E-state index in [1.165, 1.54) is 24.3 Å². The molecule has 2 aliphatic heterocycles. The third-order valence-electron chi connectivity index (χ3n) is 7.55. The van der Waals surface area contributed by atoms with Crippen molar-refractivity contribution < 1.29 is 28.5 Å². The first-order chi connectivity index (χ1) is 19.9. The first-order valence-electron chi connectivity index (χ1n) is 13.7. The van der Waals surface area contributed by atoms with E-state index in [0.29, 0.717) is 43.5 Å². The van der Waals surface area contributed by atoms with Crippen LogP contribution in [-0.4, -0.2) is 78.1 Å². The molecule has 3 aromatic carbocycles. The van der Waals surface area contributed by atoms with Crippen molar-refractivity contribution in [2.45, 2.75) is 18.6 Å². The summed E-state index contributed by atoms with van der Waals surface area (Å²) in [6.07, 6.45) is -0.536. The molecule has 1 aromatic heterocycles. The predicted molar refractivity (Wildman–Crippen MR) is 153 cm³/mol. The number of benzene rings is 3. The van der Waals surface area contributed by atoms with Crippen LogP contribution in [0, 0.1) is 5.82 Å². The number of ether oxygens (including phenoxy) is 3. The SMILES string of the molecule is O=C(Oc1ccc(F)cc1)N1CCc2c([nH]c3ccc(Cl)cc23)C1c1ccc(OCC(O)CN2CCOCC2)cc1. The highest BCUT2D eigenvalue weighted by Crippen LogP contribution is 2.40. The molecule has 6 rings (SSSR count). The second kappa shape index (κ2) is 12.1. The van der Waals surface area contributed by atoms with Crippen molar-refractivity contribution in [3.63, 3.8) is 0 Å². The van der Waals surface area contributed by atoms with Crippen molar-refractivity contribution in [1.82, 2.24) is 14.8 Å². The lowest BCUT2D eigenvalue weighted by molar-refractivity contribution is 0.00465. The number of carbonyl (C=O) groups is 1. The molecule has 0 radical (unpaired) electrons. The van der Waals surface area contributed by atoms with Crippen molar-refractivity contribution >= 4 is 28.6 Å². The van der Waals surface area contributed by atoms with Crippen LogP contribution in [0.3, 0.4) is 0 Å². The van der Waals surface area contributed by atoms with E-state index in [2.05, 4.69) is 9.88 Å². The number of aromatic nitrogens is 1. The third kappa shape index (κ3) is 6.18. The summed E-state index contributed by atoms with van der Waals surface area (Å²) in [4.78, 5) is 20.8. The molecule has 0 aliphatic carbocycles. The monoisotopic (exact) mass is 579 g/mol. The maximum Gasteiger partial charge on any atom is 0.416 e. The summed E-state index contributed by atoms with van der Waals surface area (Å²) in [7, 11) is 0. The largest absolute Gasteiger partial charge is 0.491 e. The molecule has 2 atom stereocenters. The van der Waals surface area contributed by atoms with E-state index in [1.807, 2.05) is 42.5 Å². The summed E-state index contributed by atoms with van der Waals surface area (Å²) in [5.74, 6) is 0.483. The highest BCUT2D eigenvalue weighted by molar-refractivity contribution is 6.31. The highest BCUT2D eigenvalue weighted by atomic mass is 35.5. The zero-order chi connectivity index (χ0) is 28.3. The number of nitrogens with zero attached hydrogens (tertiary/aromatic N) is 2. The van der Waals surface area contributed by atoms with Crippen LogP contribution < -0.4 is 9.47 Å². The fourth-order valence-corrected chi connectivity index (χ4v) is 5.71. The number of rotatable bonds is 7. The number of aliphatic hydroxyl groups is 1. The van der Waals surface area contributed by atoms with Gasteiger partial charge in [-0.05, 0) is 72.1 Å². The zero-order valence-corrected chi connectivity index (χ0v) is 23.1. The van der Waals surface area contributed by atoms with Crippen LogP contribution in [-0.2, 0) is 11.2 Å². The Morgan fingerprint density at radius 3 is 2.54 bits per heavy atom. The number of aromatic amines is 1. The van der Waals surface area contributed by atoms with Crippen molar-refractivity contribution in [1.29, 1.82) is 0 Å². The summed E-state index contributed by atoms with van der Waals surface area (Å²) in [6.45, 7) is 4.07. The van der Waals surface area contributed by atoms with E-state index in [4.69, 9.17) is 25.8 Å². The van der Waals surface area contributed by atoms with Crippen LogP contribution in [0.1, 0.15) is 22.9 Å². The number of β-amino-alcohol motifs (C(OH)–C–C–N with tert-alkyl or cyclic N) is 1. The van der Waals surface area contributed by atoms with Gasteiger partial charge in [-0.3, -0.25) is 9.80 Å². The lowest BCUT2D eigenvalue weighted by Crippen LogP contribution is -2.42. The van der Waals surface area contributed by atoms with Crippen molar-refractivity contribution in [2.75, 3.05) is 46.0 Å². The van der Waals surface area contributed by atoms with E-state index in [1.54, 1.807) is 4.90 Å². The van der Waals surface area contributed by atoms with Crippen LogP contribution in [0.5, 0.6) is 11.5 Å². The number of amides is 1. The number of fused-ring (bicyclic) bond motifs is 3. The van der Waals surface area contributed by atoms with Gasteiger partial charge >= 0.3 is 6.09 Å². The van der Waals surface area contributed by atoms with Crippen LogP contribution >= 0.6 is 11.6 Å². The minimum atomic E-state index is -0.622. The normalized spacial score (nSPS) is 18.2. The lowest BCUT2D eigenvalue weighted by Gasteiger charge is -2.35. The first-order valence-corrected chi connectivity index (χ1v) is 14.1. The van der Waals surface area contributed by atoms with E-state index >= 15 is 0 Å². The Kier molecular flexibility index (Phi) is 8.11. The molecule has 2 N–H and O–H groups in total. The lowest BCUT2D eigenvalue weighted by atomic mass is 9.92. The second-order valence-corrected chi connectivity index (χ2v) is 10.8. The molecule has 214 valence electrons. The molecule has 1 amide bonds. The maximum absolute atomic E-state index is 13.4. The molecule has 3 heterocycles. The minimum Gasteiger partial charge on any atom is -0.491 e. The standard InChI is InChI=1S/C31H31ClFN3O5/c32-21-3-10-28-27(17-21)26-11-12-36(31(38)41-25-8-4-22(33)5-9-25)30(29(26)34-28)20-1-6-24(7-2-20)40-19-23(37)18-35-13-15-39-16-14-35/h1-10,17,23,30,34,37H,11-16,18-19H2. The summed E-state index contributed by atoms with van der Waals surface area (Å²) in [6, 6.07) is 18.1. The molecule has 1 fully saturated rings. The number of carbonyl (C=O) groups excluding carboxylic acids is 1. The molecule has 41 heavy (non-hydrogen) atoms. The van der Waals surface area contributed by atoms with Gasteiger partial charge in [-0.15, -0.1) is 0 Å². The summed E-state index contributed by atoms with van der Waals surface area (Å²) >= 11 is 6.31. The van der Waals surface area contributed by atoms with Gasteiger partial charge in [0, 0.05) is 47.8 Å². The number of hydrogen-bond acceptors (Lipinski definition) is 6. The number of halogens is 2. The molecule has 1 saturated heterocycles. The molecule has 2 unspecified atom stereocenters. The zero-order valence-electron chi connectivity index (χ0n) is 22.4. The van der Waals surface area contributed by atoms with Gasteiger partial charge in [0.15, 0.2) is 0 Å². The molecule has 4 aromatic rings. The van der Waals surface area contributed by atoms with Gasteiger partial charge in [-0.25, -0.2) is 9.18 Å². The average molecular weight is 580 g/mol. The number of H-pyrrole nitrogens is 1. The maximum atomic E-state index is 13.4. The Morgan fingerprint density at radius 1 is 1.05 bits per heavy atom. The van der Waals surface area contributed by atoms with Gasteiger partial charge in [-0.1, -0.05) is 23.7 Å². The molecule has 2 aliphatic rings. The van der Waals surface area contributed by atoms with Gasteiger partial charge in [0.05, 0.1) is 13.2 Å². The van der Waals surface area contributed by atoms with Crippen molar-refractivity contribution in [2.24, 2.45) is 0 Å². The fraction of sp³-hybridized carbons (Fsp3) is 0.323. The Labute approximate surface area is 242 Å². The molecule has 0 spiro atoms.